The fourth-order valence-corrected chi connectivity index (χ4v) is 2.20. The van der Waals surface area contributed by atoms with Gasteiger partial charge in [0.05, 0.1) is 17.7 Å². The zero-order chi connectivity index (χ0) is 16.8. The first-order chi connectivity index (χ1) is 11.0. The number of esters is 2. The lowest BCUT2D eigenvalue weighted by Gasteiger charge is -2.07. The van der Waals surface area contributed by atoms with E-state index in [0.29, 0.717) is 21.2 Å². The molecule has 0 aromatic heterocycles. The molecule has 2 rings (SSSR count). The number of rotatable bonds is 5. The molecule has 0 spiro atoms. The second-order valence-electron chi connectivity index (χ2n) is 4.61. The van der Waals surface area contributed by atoms with E-state index in [4.69, 9.17) is 9.47 Å². The van der Waals surface area contributed by atoms with Crippen molar-refractivity contribution in [3.63, 3.8) is 0 Å². The Balaban J connectivity index is 2.00. The van der Waals surface area contributed by atoms with E-state index in [1.807, 2.05) is 0 Å². The Morgan fingerprint density at radius 3 is 2.13 bits per heavy atom. The maximum absolute atomic E-state index is 13.2. The van der Waals surface area contributed by atoms with Gasteiger partial charge in [0, 0.05) is 10.0 Å². The van der Waals surface area contributed by atoms with Gasteiger partial charge >= 0.3 is 11.9 Å². The van der Waals surface area contributed by atoms with Crippen molar-refractivity contribution in [3.8, 4) is 0 Å². The Bertz CT molecular complexity index is 713. The minimum Gasteiger partial charge on any atom is -0.462 e. The maximum atomic E-state index is 13.2. The Morgan fingerprint density at radius 1 is 1.00 bits per heavy atom. The molecule has 0 aliphatic carbocycles. The van der Waals surface area contributed by atoms with Crippen molar-refractivity contribution in [2.45, 2.75) is 13.5 Å². The normalized spacial score (nSPS) is 10.2. The molecule has 0 fully saturated rings. The average molecular weight is 381 g/mol. The summed E-state index contributed by atoms with van der Waals surface area (Å²) in [5, 5.41) is 0. The van der Waals surface area contributed by atoms with Gasteiger partial charge in [-0.15, -0.1) is 0 Å². The lowest BCUT2D eigenvalue weighted by molar-refractivity contribution is 0.0468. The van der Waals surface area contributed by atoms with Crippen LogP contribution >= 0.6 is 15.9 Å². The topological polar surface area (TPSA) is 52.6 Å². The van der Waals surface area contributed by atoms with Crippen LogP contribution in [0.2, 0.25) is 0 Å². The third-order valence-corrected chi connectivity index (χ3v) is 3.77. The predicted molar refractivity (Wildman–Crippen MR) is 85.6 cm³/mol. The van der Waals surface area contributed by atoms with Crippen LogP contribution < -0.4 is 0 Å². The molecule has 0 saturated carbocycles. The van der Waals surface area contributed by atoms with E-state index in [-0.39, 0.29) is 13.2 Å². The summed E-state index contributed by atoms with van der Waals surface area (Å²) in [5.74, 6) is -1.41. The molecule has 0 saturated heterocycles. The summed E-state index contributed by atoms with van der Waals surface area (Å²) >= 11 is 3.27. The van der Waals surface area contributed by atoms with Gasteiger partial charge < -0.3 is 9.47 Å². The van der Waals surface area contributed by atoms with Crippen molar-refractivity contribution in [1.29, 1.82) is 0 Å². The lowest BCUT2D eigenvalue weighted by Crippen LogP contribution is -2.08. The molecule has 2 aromatic rings. The smallest absolute Gasteiger partial charge is 0.338 e. The lowest BCUT2D eigenvalue weighted by atomic mass is 10.1. The molecule has 4 nitrogen and oxygen atoms in total. The van der Waals surface area contributed by atoms with Crippen molar-refractivity contribution < 1.29 is 23.5 Å². The van der Waals surface area contributed by atoms with E-state index >= 15 is 0 Å². The van der Waals surface area contributed by atoms with Crippen LogP contribution in [0.1, 0.15) is 33.2 Å². The number of ether oxygens (including phenoxy) is 2. The van der Waals surface area contributed by atoms with Crippen LogP contribution in [0.3, 0.4) is 0 Å². The van der Waals surface area contributed by atoms with Gasteiger partial charge in [0.25, 0.3) is 0 Å². The minimum absolute atomic E-state index is 0.0587. The zero-order valence-electron chi connectivity index (χ0n) is 12.3. The molecule has 23 heavy (non-hydrogen) atoms. The number of carbonyl (C=O) groups is 2. The Kier molecular flexibility index (Phi) is 5.87. The molecule has 0 bridgehead atoms. The molecule has 2 aromatic carbocycles. The first kappa shape index (κ1) is 17.1. The van der Waals surface area contributed by atoms with Gasteiger partial charge in [0.2, 0.25) is 0 Å². The number of halogens is 2. The monoisotopic (exact) mass is 380 g/mol. The van der Waals surface area contributed by atoms with Crippen molar-refractivity contribution in [1.82, 2.24) is 0 Å². The van der Waals surface area contributed by atoms with Crippen molar-refractivity contribution in [3.05, 3.63) is 69.4 Å². The molecule has 0 radical (unpaired) electrons. The van der Waals surface area contributed by atoms with Crippen LogP contribution in [0, 0.1) is 5.82 Å². The Hall–Kier alpha value is -2.21. The Labute approximate surface area is 141 Å². The Morgan fingerprint density at radius 2 is 1.57 bits per heavy atom. The van der Waals surface area contributed by atoms with Crippen molar-refractivity contribution >= 4 is 27.9 Å². The van der Waals surface area contributed by atoms with Crippen molar-refractivity contribution in [2.24, 2.45) is 0 Å². The molecule has 0 aliphatic heterocycles. The van der Waals surface area contributed by atoms with Gasteiger partial charge in [-0.3, -0.25) is 0 Å². The molecule has 0 aliphatic rings. The van der Waals surface area contributed by atoms with Crippen LogP contribution in [0.5, 0.6) is 0 Å². The number of hydrogen-bond acceptors (Lipinski definition) is 4. The van der Waals surface area contributed by atoms with Gasteiger partial charge in [0.15, 0.2) is 0 Å². The first-order valence-electron chi connectivity index (χ1n) is 6.89. The van der Waals surface area contributed by atoms with Gasteiger partial charge in [-0.05, 0) is 49.4 Å². The van der Waals surface area contributed by atoms with E-state index in [9.17, 15) is 14.0 Å². The summed E-state index contributed by atoms with van der Waals surface area (Å²) in [4.78, 5) is 23.5. The number of carbonyl (C=O) groups excluding carboxylic acids is 2. The third kappa shape index (κ3) is 4.63. The number of hydrogen-bond donors (Lipinski definition) is 0. The third-order valence-electron chi connectivity index (χ3n) is 3.00. The largest absolute Gasteiger partial charge is 0.462 e. The zero-order valence-corrected chi connectivity index (χ0v) is 13.9. The van der Waals surface area contributed by atoms with Crippen LogP contribution in [-0.4, -0.2) is 18.5 Å². The highest BCUT2D eigenvalue weighted by molar-refractivity contribution is 9.10. The van der Waals surface area contributed by atoms with E-state index in [2.05, 4.69) is 15.9 Å². The summed E-state index contributed by atoms with van der Waals surface area (Å²) in [5.41, 5.74) is 1.18. The number of benzene rings is 2. The van der Waals surface area contributed by atoms with Gasteiger partial charge in [-0.1, -0.05) is 15.9 Å². The molecule has 0 atom stereocenters. The second kappa shape index (κ2) is 7.87. The molecule has 0 unspecified atom stereocenters. The molecule has 0 N–H and O–H groups in total. The quantitative estimate of drug-likeness (QED) is 0.732. The van der Waals surface area contributed by atoms with Gasteiger partial charge in [0.1, 0.15) is 12.4 Å². The summed E-state index contributed by atoms with van der Waals surface area (Å²) in [6, 6.07) is 10.1. The van der Waals surface area contributed by atoms with Crippen LogP contribution in [0.4, 0.5) is 4.39 Å². The summed E-state index contributed by atoms with van der Waals surface area (Å²) in [6.45, 7) is 1.94. The van der Waals surface area contributed by atoms with E-state index < -0.39 is 17.8 Å². The highest BCUT2D eigenvalue weighted by Gasteiger charge is 2.11. The average Bonchev–Trinajstić information content (AvgIpc) is 2.55. The molecular weight excluding hydrogens is 367 g/mol. The summed E-state index contributed by atoms with van der Waals surface area (Å²) in [7, 11) is 0. The highest BCUT2D eigenvalue weighted by atomic mass is 79.9. The highest BCUT2D eigenvalue weighted by Crippen LogP contribution is 2.19. The predicted octanol–water partition coefficient (Wildman–Crippen LogP) is 4.12. The standard InChI is InChI=1S/C17H14BrFO4/c1-2-22-16(20)11-3-5-12(6-4-11)17(21)23-10-13-9-14(19)7-8-15(13)18/h3-9H,2,10H2,1H3. The summed E-state index contributed by atoms with van der Waals surface area (Å²) in [6.07, 6.45) is 0. The molecule has 6 heteroatoms. The van der Waals surface area contributed by atoms with Gasteiger partial charge in [-0.25, -0.2) is 14.0 Å². The molecule has 0 heterocycles. The van der Waals surface area contributed by atoms with E-state index in [1.54, 1.807) is 13.0 Å². The molecular formula is C17H14BrFO4. The fourth-order valence-electron chi connectivity index (χ4n) is 1.84. The van der Waals surface area contributed by atoms with Gasteiger partial charge in [-0.2, -0.15) is 0 Å². The fraction of sp³-hybridized carbons (Fsp3) is 0.176. The van der Waals surface area contributed by atoms with E-state index in [1.165, 1.54) is 36.4 Å². The maximum Gasteiger partial charge on any atom is 0.338 e. The SMILES string of the molecule is CCOC(=O)c1ccc(C(=O)OCc2cc(F)ccc2Br)cc1. The summed E-state index contributed by atoms with van der Waals surface area (Å²) < 4.78 is 23.8. The van der Waals surface area contributed by atoms with E-state index in [0.717, 1.165) is 0 Å². The van der Waals surface area contributed by atoms with Crippen LogP contribution in [0.25, 0.3) is 0 Å². The minimum atomic E-state index is -0.559. The molecule has 0 amide bonds. The molecule has 120 valence electrons. The second-order valence-corrected chi connectivity index (χ2v) is 5.46. The van der Waals surface area contributed by atoms with Crippen LogP contribution in [0.15, 0.2) is 46.9 Å². The van der Waals surface area contributed by atoms with Crippen LogP contribution in [-0.2, 0) is 16.1 Å². The van der Waals surface area contributed by atoms with Crippen molar-refractivity contribution in [2.75, 3.05) is 6.61 Å². The first-order valence-corrected chi connectivity index (χ1v) is 7.68.